The van der Waals surface area contributed by atoms with Crippen LogP contribution in [0.15, 0.2) is 76.1 Å². The van der Waals surface area contributed by atoms with E-state index in [0.717, 1.165) is 10.9 Å². The lowest BCUT2D eigenvalue weighted by Gasteiger charge is -2.11. The molecule has 146 valence electrons. The number of hydrogen-bond donors (Lipinski definition) is 1. The van der Waals surface area contributed by atoms with Gasteiger partial charge in [-0.1, -0.05) is 29.8 Å². The molecule has 1 amide bonds. The molecule has 0 spiro atoms. The summed E-state index contributed by atoms with van der Waals surface area (Å²) in [6, 6.07) is 17.2. The van der Waals surface area contributed by atoms with E-state index in [1.807, 2.05) is 18.2 Å². The van der Waals surface area contributed by atoms with E-state index < -0.39 is 5.63 Å². The van der Waals surface area contributed by atoms with Gasteiger partial charge in [0.1, 0.15) is 17.2 Å². The normalized spacial score (nSPS) is 10.8. The number of nitrogens with one attached hydrogen (secondary N) is 1. The van der Waals surface area contributed by atoms with Gasteiger partial charge in [0.2, 0.25) is 0 Å². The van der Waals surface area contributed by atoms with E-state index in [4.69, 9.17) is 20.8 Å². The van der Waals surface area contributed by atoms with Crippen molar-refractivity contribution in [1.82, 2.24) is 9.78 Å². The highest BCUT2D eigenvalue weighted by Crippen LogP contribution is 2.20. The number of ether oxygens (including phenoxy) is 1. The van der Waals surface area contributed by atoms with Gasteiger partial charge in [-0.15, -0.1) is 0 Å². The summed E-state index contributed by atoms with van der Waals surface area (Å²) in [7, 11) is 0. The van der Waals surface area contributed by atoms with Gasteiger partial charge < -0.3 is 14.5 Å². The fourth-order valence-electron chi connectivity index (χ4n) is 2.81. The molecule has 0 bridgehead atoms. The lowest BCUT2D eigenvalue weighted by molar-refractivity contribution is -0.118. The molecule has 0 radical (unpaired) electrons. The van der Waals surface area contributed by atoms with E-state index >= 15 is 0 Å². The first-order chi connectivity index (χ1) is 14.1. The average molecular weight is 410 g/mol. The summed E-state index contributed by atoms with van der Waals surface area (Å²) < 4.78 is 12.3. The number of anilines is 1. The van der Waals surface area contributed by atoms with Crippen LogP contribution in [-0.2, 0) is 11.3 Å². The van der Waals surface area contributed by atoms with E-state index in [0.29, 0.717) is 28.7 Å². The Labute approximate surface area is 170 Å². The Bertz CT molecular complexity index is 1230. The minimum absolute atomic E-state index is 0.208. The fourth-order valence-corrected chi connectivity index (χ4v) is 3.01. The number of amides is 1. The van der Waals surface area contributed by atoms with Crippen molar-refractivity contribution in [2.45, 2.75) is 6.54 Å². The third-order valence-electron chi connectivity index (χ3n) is 4.23. The van der Waals surface area contributed by atoms with Gasteiger partial charge in [-0.2, -0.15) is 5.10 Å². The number of hydrogen-bond acceptors (Lipinski definition) is 5. The van der Waals surface area contributed by atoms with Crippen LogP contribution in [0.4, 0.5) is 5.82 Å². The maximum atomic E-state index is 12.3. The minimum atomic E-state index is -0.445. The summed E-state index contributed by atoms with van der Waals surface area (Å²) in [6.07, 6.45) is 1.60. The highest BCUT2D eigenvalue weighted by atomic mass is 35.5. The molecule has 0 aliphatic carbocycles. The quantitative estimate of drug-likeness (QED) is 0.490. The van der Waals surface area contributed by atoms with Crippen molar-refractivity contribution in [2.24, 2.45) is 0 Å². The molecule has 0 unspecified atom stereocenters. The second kappa shape index (κ2) is 8.20. The number of benzene rings is 2. The molecule has 2 heterocycles. The molecule has 0 saturated heterocycles. The van der Waals surface area contributed by atoms with Crippen molar-refractivity contribution in [3.8, 4) is 5.75 Å². The summed E-state index contributed by atoms with van der Waals surface area (Å²) in [5.41, 5.74) is 0.842. The van der Waals surface area contributed by atoms with Crippen LogP contribution in [0.25, 0.3) is 11.0 Å². The van der Waals surface area contributed by atoms with E-state index in [1.165, 1.54) is 6.07 Å². The van der Waals surface area contributed by atoms with Crippen LogP contribution in [0, 0.1) is 0 Å². The lowest BCUT2D eigenvalue weighted by atomic mass is 10.2. The Balaban J connectivity index is 1.40. The molecule has 0 fully saturated rings. The Morgan fingerprint density at radius 3 is 2.83 bits per heavy atom. The Morgan fingerprint density at radius 1 is 1.14 bits per heavy atom. The smallest absolute Gasteiger partial charge is 0.336 e. The van der Waals surface area contributed by atoms with Gasteiger partial charge in [0, 0.05) is 28.6 Å². The van der Waals surface area contributed by atoms with E-state index in [1.54, 1.807) is 47.3 Å². The topological polar surface area (TPSA) is 86.4 Å². The second-order valence-corrected chi connectivity index (χ2v) is 6.66. The highest BCUT2D eigenvalue weighted by Gasteiger charge is 2.10. The number of rotatable bonds is 6. The number of aromatic nitrogens is 2. The zero-order chi connectivity index (χ0) is 20.2. The first kappa shape index (κ1) is 18.8. The standard InChI is InChI=1S/C21H16ClN3O4/c22-17-4-2-1-3-15(17)12-25-19(9-10-23-25)24-20(26)13-28-16-7-5-14-6-8-21(27)29-18(14)11-16/h1-11H,12-13H2,(H,24,26). The number of carbonyl (C=O) groups is 1. The maximum Gasteiger partial charge on any atom is 0.336 e. The molecule has 29 heavy (non-hydrogen) atoms. The van der Waals surface area contributed by atoms with E-state index in [9.17, 15) is 9.59 Å². The van der Waals surface area contributed by atoms with Gasteiger partial charge in [0.25, 0.3) is 5.91 Å². The van der Waals surface area contributed by atoms with Crippen LogP contribution in [0.5, 0.6) is 5.75 Å². The largest absolute Gasteiger partial charge is 0.484 e. The first-order valence-electron chi connectivity index (χ1n) is 8.80. The van der Waals surface area contributed by atoms with Crippen molar-refractivity contribution in [2.75, 3.05) is 11.9 Å². The fraction of sp³-hybridized carbons (Fsp3) is 0.0952. The molecule has 0 atom stereocenters. The van der Waals surface area contributed by atoms with Gasteiger partial charge in [0.15, 0.2) is 6.61 Å². The Morgan fingerprint density at radius 2 is 1.97 bits per heavy atom. The molecule has 0 aliphatic heterocycles. The minimum Gasteiger partial charge on any atom is -0.484 e. The van der Waals surface area contributed by atoms with Gasteiger partial charge in [-0.05, 0) is 29.8 Å². The molecule has 4 aromatic rings. The molecular formula is C21H16ClN3O4. The number of fused-ring (bicyclic) bond motifs is 1. The highest BCUT2D eigenvalue weighted by molar-refractivity contribution is 6.31. The summed E-state index contributed by atoms with van der Waals surface area (Å²) >= 11 is 6.19. The predicted octanol–water partition coefficient (Wildman–Crippen LogP) is 3.71. The SMILES string of the molecule is O=C(COc1ccc2ccc(=O)oc2c1)Nc1ccnn1Cc1ccccc1Cl. The van der Waals surface area contributed by atoms with Crippen LogP contribution >= 0.6 is 11.6 Å². The monoisotopic (exact) mass is 409 g/mol. The Kier molecular flexibility index (Phi) is 5.31. The first-order valence-corrected chi connectivity index (χ1v) is 9.18. The number of nitrogens with zero attached hydrogens (tertiary/aromatic N) is 2. The van der Waals surface area contributed by atoms with E-state index in [2.05, 4.69) is 10.4 Å². The van der Waals surface area contributed by atoms with Gasteiger partial charge in [-0.25, -0.2) is 9.48 Å². The molecule has 0 saturated carbocycles. The maximum absolute atomic E-state index is 12.3. The third kappa shape index (κ3) is 4.47. The molecule has 1 N–H and O–H groups in total. The van der Waals surface area contributed by atoms with Crippen molar-refractivity contribution in [3.63, 3.8) is 0 Å². The molecule has 2 aromatic carbocycles. The molecular weight excluding hydrogens is 394 g/mol. The van der Waals surface area contributed by atoms with Gasteiger partial charge in [0.05, 0.1) is 12.7 Å². The predicted molar refractivity (Wildman–Crippen MR) is 109 cm³/mol. The average Bonchev–Trinajstić information content (AvgIpc) is 3.14. The zero-order valence-corrected chi connectivity index (χ0v) is 15.9. The molecule has 8 heteroatoms. The van der Waals surface area contributed by atoms with Crippen LogP contribution in [0.2, 0.25) is 5.02 Å². The summed E-state index contributed by atoms with van der Waals surface area (Å²) in [6.45, 7) is 0.215. The van der Waals surface area contributed by atoms with Crippen LogP contribution in [0.3, 0.4) is 0 Å². The lowest BCUT2D eigenvalue weighted by Crippen LogP contribution is -2.22. The molecule has 7 nitrogen and oxygen atoms in total. The molecule has 0 aliphatic rings. The Hall–Kier alpha value is -3.58. The number of halogens is 1. The van der Waals surface area contributed by atoms with Crippen molar-refractivity contribution < 1.29 is 13.9 Å². The zero-order valence-electron chi connectivity index (χ0n) is 15.2. The summed E-state index contributed by atoms with van der Waals surface area (Å²) in [4.78, 5) is 23.6. The van der Waals surface area contributed by atoms with Crippen molar-refractivity contribution >= 4 is 34.3 Å². The van der Waals surface area contributed by atoms with Crippen molar-refractivity contribution in [1.29, 1.82) is 0 Å². The summed E-state index contributed by atoms with van der Waals surface area (Å²) in [5.74, 6) is 0.607. The number of carbonyl (C=O) groups excluding carboxylic acids is 1. The van der Waals surface area contributed by atoms with Crippen LogP contribution in [-0.4, -0.2) is 22.3 Å². The van der Waals surface area contributed by atoms with Crippen LogP contribution in [0.1, 0.15) is 5.56 Å². The third-order valence-corrected chi connectivity index (χ3v) is 4.60. The van der Waals surface area contributed by atoms with Crippen LogP contribution < -0.4 is 15.7 Å². The van der Waals surface area contributed by atoms with Gasteiger partial charge in [-0.3, -0.25) is 4.79 Å². The second-order valence-electron chi connectivity index (χ2n) is 6.26. The molecule has 4 rings (SSSR count). The van der Waals surface area contributed by atoms with Crippen molar-refractivity contribution in [3.05, 3.63) is 87.9 Å². The molecule has 2 aromatic heterocycles. The summed E-state index contributed by atoms with van der Waals surface area (Å²) in [5, 5.41) is 8.39. The van der Waals surface area contributed by atoms with Gasteiger partial charge >= 0.3 is 5.63 Å². The van der Waals surface area contributed by atoms with E-state index in [-0.39, 0.29) is 12.5 Å².